The van der Waals surface area contributed by atoms with Crippen LogP contribution in [0.4, 0.5) is 5.69 Å². The lowest BCUT2D eigenvalue weighted by atomic mass is 10.1. The van der Waals surface area contributed by atoms with Crippen molar-refractivity contribution < 1.29 is 14.3 Å². The number of amides is 2. The molecule has 3 N–H and O–H groups in total. The Balaban J connectivity index is 0.00000242. The van der Waals surface area contributed by atoms with Crippen LogP contribution in [0.5, 0.6) is 0 Å². The van der Waals surface area contributed by atoms with E-state index in [0.29, 0.717) is 31.9 Å². The maximum Gasteiger partial charge on any atom is 0.227 e. The number of nitrogens with zero attached hydrogens (tertiary/aromatic N) is 2. The molecule has 1 fully saturated rings. The molecule has 1 saturated heterocycles. The molecule has 9 heteroatoms. The SMILES string of the molecule is COCCNCCNC(=O)C1CC(=O)N(c2cn[nH]c2)C1.Cl. The molecule has 1 aliphatic heterocycles. The van der Waals surface area contributed by atoms with Gasteiger partial charge in [-0.1, -0.05) is 0 Å². The smallest absolute Gasteiger partial charge is 0.227 e. The molecule has 2 heterocycles. The van der Waals surface area contributed by atoms with E-state index >= 15 is 0 Å². The standard InChI is InChI=1S/C13H21N5O3.ClH/c1-21-5-4-14-2-3-15-13(20)10-6-12(19)18(9-10)11-7-16-17-8-11;/h7-8,10,14H,2-6,9H2,1H3,(H,15,20)(H,16,17);1H. The zero-order valence-corrected chi connectivity index (χ0v) is 13.3. The Morgan fingerprint density at radius 3 is 3.00 bits per heavy atom. The minimum atomic E-state index is -0.300. The van der Waals surface area contributed by atoms with Crippen LogP contribution in [0.15, 0.2) is 12.4 Å². The van der Waals surface area contributed by atoms with Gasteiger partial charge in [0.15, 0.2) is 0 Å². The zero-order chi connectivity index (χ0) is 15.1. The number of hydrogen-bond donors (Lipinski definition) is 3. The van der Waals surface area contributed by atoms with Crippen molar-refractivity contribution in [3.05, 3.63) is 12.4 Å². The maximum absolute atomic E-state index is 12.0. The average Bonchev–Trinajstić information content (AvgIpc) is 3.11. The van der Waals surface area contributed by atoms with Crippen molar-refractivity contribution in [2.24, 2.45) is 5.92 Å². The Kier molecular flexibility index (Phi) is 7.86. The molecule has 0 aromatic carbocycles. The fourth-order valence-electron chi connectivity index (χ4n) is 2.24. The molecule has 2 amide bonds. The number of H-pyrrole nitrogens is 1. The first kappa shape index (κ1) is 18.4. The van der Waals surface area contributed by atoms with Crippen molar-refractivity contribution in [3.8, 4) is 0 Å². The fraction of sp³-hybridized carbons (Fsp3) is 0.615. The van der Waals surface area contributed by atoms with Crippen LogP contribution in [0.1, 0.15) is 6.42 Å². The number of hydrogen-bond acceptors (Lipinski definition) is 5. The second kappa shape index (κ2) is 9.39. The number of anilines is 1. The Morgan fingerprint density at radius 1 is 1.50 bits per heavy atom. The van der Waals surface area contributed by atoms with E-state index in [4.69, 9.17) is 4.74 Å². The highest BCUT2D eigenvalue weighted by Crippen LogP contribution is 2.23. The molecule has 0 bridgehead atoms. The maximum atomic E-state index is 12.0. The summed E-state index contributed by atoms with van der Waals surface area (Å²) in [6.07, 6.45) is 3.48. The van der Waals surface area contributed by atoms with Crippen molar-refractivity contribution in [1.29, 1.82) is 0 Å². The Hall–Kier alpha value is -1.64. The lowest BCUT2D eigenvalue weighted by Gasteiger charge is -2.14. The lowest BCUT2D eigenvalue weighted by molar-refractivity contribution is -0.126. The second-order valence-electron chi connectivity index (χ2n) is 4.90. The summed E-state index contributed by atoms with van der Waals surface area (Å²) in [4.78, 5) is 25.5. The van der Waals surface area contributed by atoms with E-state index in [0.717, 1.165) is 6.54 Å². The van der Waals surface area contributed by atoms with Crippen molar-refractivity contribution in [3.63, 3.8) is 0 Å². The van der Waals surface area contributed by atoms with Gasteiger partial charge in [-0.05, 0) is 0 Å². The van der Waals surface area contributed by atoms with E-state index in [1.807, 2.05) is 0 Å². The molecule has 0 aliphatic carbocycles. The third-order valence-corrected chi connectivity index (χ3v) is 3.38. The molecular formula is C13H22ClN5O3. The van der Waals surface area contributed by atoms with Gasteiger partial charge in [-0.15, -0.1) is 12.4 Å². The van der Waals surface area contributed by atoms with Gasteiger partial charge in [0.05, 0.1) is 24.4 Å². The summed E-state index contributed by atoms with van der Waals surface area (Å²) in [6.45, 7) is 3.02. The summed E-state index contributed by atoms with van der Waals surface area (Å²) in [7, 11) is 1.65. The molecule has 0 spiro atoms. The highest BCUT2D eigenvalue weighted by molar-refractivity contribution is 6.00. The first-order valence-corrected chi connectivity index (χ1v) is 6.99. The number of aromatic amines is 1. The van der Waals surface area contributed by atoms with E-state index < -0.39 is 0 Å². The summed E-state index contributed by atoms with van der Waals surface area (Å²) < 4.78 is 4.91. The number of methoxy groups -OCH3 is 1. The predicted octanol–water partition coefficient (Wildman–Crippen LogP) is -0.463. The Bertz CT molecular complexity index is 468. The van der Waals surface area contributed by atoms with Crippen molar-refractivity contribution in [2.45, 2.75) is 6.42 Å². The predicted molar refractivity (Wildman–Crippen MR) is 84.1 cm³/mol. The highest BCUT2D eigenvalue weighted by atomic mass is 35.5. The molecule has 124 valence electrons. The molecular weight excluding hydrogens is 310 g/mol. The molecule has 8 nitrogen and oxygen atoms in total. The third kappa shape index (κ3) is 4.97. The van der Waals surface area contributed by atoms with E-state index in [1.165, 1.54) is 0 Å². The number of rotatable bonds is 8. The normalized spacial score (nSPS) is 17.4. The molecule has 0 radical (unpaired) electrons. The van der Waals surface area contributed by atoms with Gasteiger partial charge in [-0.3, -0.25) is 14.7 Å². The Labute approximate surface area is 135 Å². The quantitative estimate of drug-likeness (QED) is 0.560. The molecule has 0 saturated carbocycles. The number of carbonyl (C=O) groups is 2. The van der Waals surface area contributed by atoms with Crippen LogP contribution < -0.4 is 15.5 Å². The molecule has 1 aliphatic rings. The number of aromatic nitrogens is 2. The first-order valence-electron chi connectivity index (χ1n) is 6.99. The third-order valence-electron chi connectivity index (χ3n) is 3.38. The molecule has 1 aromatic heterocycles. The summed E-state index contributed by atoms with van der Waals surface area (Å²) in [5, 5.41) is 12.5. The molecule has 1 atom stereocenters. The van der Waals surface area contributed by atoms with Crippen LogP contribution in [0.2, 0.25) is 0 Å². The van der Waals surface area contributed by atoms with Crippen molar-refractivity contribution in [1.82, 2.24) is 20.8 Å². The highest BCUT2D eigenvalue weighted by Gasteiger charge is 2.35. The van der Waals surface area contributed by atoms with Gasteiger partial charge in [0.2, 0.25) is 11.8 Å². The topological polar surface area (TPSA) is 99.3 Å². The van der Waals surface area contributed by atoms with Crippen LogP contribution in [0.25, 0.3) is 0 Å². The van der Waals surface area contributed by atoms with E-state index in [1.54, 1.807) is 24.4 Å². The van der Waals surface area contributed by atoms with Gasteiger partial charge in [0, 0.05) is 45.9 Å². The van der Waals surface area contributed by atoms with E-state index in [2.05, 4.69) is 20.8 Å². The number of nitrogens with one attached hydrogen (secondary N) is 3. The van der Waals surface area contributed by atoms with Crippen molar-refractivity contribution >= 4 is 29.9 Å². The number of halogens is 1. The monoisotopic (exact) mass is 331 g/mol. The van der Waals surface area contributed by atoms with Gasteiger partial charge in [-0.25, -0.2) is 0 Å². The zero-order valence-electron chi connectivity index (χ0n) is 12.5. The number of carbonyl (C=O) groups excluding carboxylic acids is 2. The van der Waals surface area contributed by atoms with Crippen LogP contribution in [0, 0.1) is 5.92 Å². The largest absolute Gasteiger partial charge is 0.383 e. The van der Waals surface area contributed by atoms with Crippen LogP contribution in [0.3, 0.4) is 0 Å². The second-order valence-corrected chi connectivity index (χ2v) is 4.90. The summed E-state index contributed by atoms with van der Waals surface area (Å²) in [5.41, 5.74) is 0.705. The molecule has 1 unspecified atom stereocenters. The Morgan fingerprint density at radius 2 is 2.32 bits per heavy atom. The van der Waals surface area contributed by atoms with Gasteiger partial charge < -0.3 is 20.3 Å². The molecule has 2 rings (SSSR count). The van der Waals surface area contributed by atoms with E-state index in [9.17, 15) is 9.59 Å². The van der Waals surface area contributed by atoms with Crippen LogP contribution >= 0.6 is 12.4 Å². The van der Waals surface area contributed by atoms with Gasteiger partial charge in [0.1, 0.15) is 0 Å². The summed E-state index contributed by atoms with van der Waals surface area (Å²) >= 11 is 0. The van der Waals surface area contributed by atoms with Crippen molar-refractivity contribution in [2.75, 3.05) is 44.8 Å². The molecule has 1 aromatic rings. The molecule has 22 heavy (non-hydrogen) atoms. The van der Waals surface area contributed by atoms with E-state index in [-0.39, 0.29) is 36.6 Å². The summed E-state index contributed by atoms with van der Waals surface area (Å²) in [6, 6.07) is 0. The van der Waals surface area contributed by atoms with Crippen LogP contribution in [-0.4, -0.2) is 61.9 Å². The van der Waals surface area contributed by atoms with Gasteiger partial charge in [-0.2, -0.15) is 5.10 Å². The lowest BCUT2D eigenvalue weighted by Crippen LogP contribution is -2.37. The first-order chi connectivity index (χ1) is 10.2. The minimum Gasteiger partial charge on any atom is -0.383 e. The fourth-order valence-corrected chi connectivity index (χ4v) is 2.24. The van der Waals surface area contributed by atoms with Crippen LogP contribution in [-0.2, 0) is 14.3 Å². The minimum absolute atomic E-state index is 0. The number of ether oxygens (including phenoxy) is 1. The van der Waals surface area contributed by atoms with Gasteiger partial charge >= 0.3 is 0 Å². The average molecular weight is 332 g/mol. The summed E-state index contributed by atoms with van der Waals surface area (Å²) in [5.74, 6) is -0.427. The van der Waals surface area contributed by atoms with Gasteiger partial charge in [0.25, 0.3) is 0 Å².